The summed E-state index contributed by atoms with van der Waals surface area (Å²) < 4.78 is 5.61. The molecule has 1 aliphatic rings. The minimum atomic E-state index is -0.148. The largest absolute Gasteiger partial charge is 0.507 e. The van der Waals surface area contributed by atoms with Crippen LogP contribution in [0.5, 0.6) is 5.75 Å². The molecule has 2 N–H and O–H groups in total. The molecule has 6 heteroatoms. The fourth-order valence-electron chi connectivity index (χ4n) is 4.08. The molecule has 0 aliphatic carbocycles. The first-order valence-electron chi connectivity index (χ1n) is 10.6. The van der Waals surface area contributed by atoms with Crippen LogP contribution < -0.4 is 5.32 Å². The highest BCUT2D eigenvalue weighted by atomic mass is 35.5. The van der Waals surface area contributed by atoms with E-state index in [9.17, 15) is 5.11 Å². The Labute approximate surface area is 191 Å². The van der Waals surface area contributed by atoms with E-state index in [1.165, 1.54) is 0 Å². The van der Waals surface area contributed by atoms with Crippen molar-refractivity contribution in [3.05, 3.63) is 33.6 Å². The lowest BCUT2D eigenvalue weighted by Crippen LogP contribution is -2.46. The van der Waals surface area contributed by atoms with Crippen molar-refractivity contribution in [1.29, 1.82) is 0 Å². The van der Waals surface area contributed by atoms with Gasteiger partial charge in [0.25, 0.3) is 0 Å². The van der Waals surface area contributed by atoms with Crippen molar-refractivity contribution in [1.82, 2.24) is 10.3 Å². The number of nitrogens with one attached hydrogen (secondary N) is 1. The molecule has 0 atom stereocenters. The monoisotopic (exact) mass is 452 g/mol. The van der Waals surface area contributed by atoms with E-state index in [2.05, 4.69) is 71.3 Å². The third-order valence-corrected chi connectivity index (χ3v) is 6.84. The van der Waals surface area contributed by atoms with Gasteiger partial charge in [0.05, 0.1) is 11.2 Å². The number of benzene rings is 1. The Hall–Kier alpha value is -1.14. The van der Waals surface area contributed by atoms with E-state index < -0.39 is 0 Å². The Bertz CT molecular complexity index is 818. The standard InChI is InChI=1S/C24H36N2O2S.ClH/c1-8-25-24(9-11-28-12-10-24)21-26-19(15-29-21)16-13-17(22(2,3)4)20(27)18(14-16)23(5,6)7;/h13-15,25,27H,8-12H2,1-7H3;1H. The molecule has 4 nitrogen and oxygen atoms in total. The average molecular weight is 453 g/mol. The lowest BCUT2D eigenvalue weighted by molar-refractivity contribution is 0.0373. The molecular formula is C24H37ClN2O2S. The number of rotatable bonds is 4. The van der Waals surface area contributed by atoms with E-state index in [0.717, 1.165) is 60.0 Å². The van der Waals surface area contributed by atoms with Crippen LogP contribution >= 0.6 is 23.7 Å². The zero-order valence-electron chi connectivity index (χ0n) is 19.4. The molecule has 3 rings (SSSR count). The highest BCUT2D eigenvalue weighted by molar-refractivity contribution is 7.10. The van der Waals surface area contributed by atoms with E-state index >= 15 is 0 Å². The zero-order valence-corrected chi connectivity index (χ0v) is 21.0. The first-order valence-corrected chi connectivity index (χ1v) is 11.5. The van der Waals surface area contributed by atoms with Gasteiger partial charge in [-0.3, -0.25) is 0 Å². The van der Waals surface area contributed by atoms with Crippen LogP contribution in [0.1, 0.15) is 77.4 Å². The number of halogens is 1. The van der Waals surface area contributed by atoms with Crippen LogP contribution in [0.4, 0.5) is 0 Å². The molecule has 2 aromatic rings. The molecular weight excluding hydrogens is 416 g/mol. The van der Waals surface area contributed by atoms with Crippen LogP contribution in [0.25, 0.3) is 11.3 Å². The van der Waals surface area contributed by atoms with Crippen molar-refractivity contribution in [3.63, 3.8) is 0 Å². The third kappa shape index (κ3) is 5.01. The quantitative estimate of drug-likeness (QED) is 0.584. The predicted molar refractivity (Wildman–Crippen MR) is 129 cm³/mol. The molecule has 1 aromatic heterocycles. The molecule has 0 unspecified atom stereocenters. The predicted octanol–water partition coefficient (Wildman–Crippen LogP) is 6.15. The summed E-state index contributed by atoms with van der Waals surface area (Å²) in [6, 6.07) is 4.24. The Morgan fingerprint density at radius 1 is 1.07 bits per heavy atom. The number of phenols is 1. The molecule has 0 saturated carbocycles. The molecule has 0 spiro atoms. The summed E-state index contributed by atoms with van der Waals surface area (Å²) in [5, 5.41) is 18.0. The number of aromatic nitrogens is 1. The summed E-state index contributed by atoms with van der Waals surface area (Å²) in [6.07, 6.45) is 1.90. The first kappa shape index (κ1) is 25.1. The Kier molecular flexibility index (Phi) is 7.67. The van der Waals surface area contributed by atoms with Gasteiger partial charge in [-0.1, -0.05) is 48.5 Å². The lowest BCUT2D eigenvalue weighted by Gasteiger charge is -2.36. The van der Waals surface area contributed by atoms with E-state index in [-0.39, 0.29) is 28.8 Å². The lowest BCUT2D eigenvalue weighted by atomic mass is 9.78. The fourth-order valence-corrected chi connectivity index (χ4v) is 5.14. The first-order chi connectivity index (χ1) is 13.5. The highest BCUT2D eigenvalue weighted by Crippen LogP contribution is 2.43. The van der Waals surface area contributed by atoms with Crippen molar-refractivity contribution in [2.24, 2.45) is 0 Å². The number of ether oxygens (including phenoxy) is 1. The molecule has 0 amide bonds. The van der Waals surface area contributed by atoms with E-state index in [1.54, 1.807) is 11.3 Å². The Balaban J connectivity index is 0.00000320. The Morgan fingerprint density at radius 3 is 2.07 bits per heavy atom. The molecule has 1 aliphatic heterocycles. The number of hydrogen-bond donors (Lipinski definition) is 2. The second-order valence-electron chi connectivity index (χ2n) is 10.2. The van der Waals surface area contributed by atoms with Gasteiger partial charge < -0.3 is 15.2 Å². The number of hydrogen-bond acceptors (Lipinski definition) is 5. The topological polar surface area (TPSA) is 54.4 Å². The molecule has 1 fully saturated rings. The van der Waals surface area contributed by atoms with Crippen LogP contribution in [0.2, 0.25) is 0 Å². The number of phenolic OH excluding ortho intramolecular Hbond substituents is 1. The normalized spacial score (nSPS) is 16.9. The number of thiazole rings is 1. The minimum Gasteiger partial charge on any atom is -0.507 e. The van der Waals surface area contributed by atoms with Crippen molar-refractivity contribution in [2.75, 3.05) is 19.8 Å². The maximum Gasteiger partial charge on any atom is 0.123 e. The molecule has 0 bridgehead atoms. The van der Waals surface area contributed by atoms with Gasteiger partial charge in [0.1, 0.15) is 10.8 Å². The van der Waals surface area contributed by atoms with Crippen LogP contribution in [0.15, 0.2) is 17.5 Å². The maximum atomic E-state index is 11.0. The maximum absolute atomic E-state index is 11.0. The summed E-state index contributed by atoms with van der Waals surface area (Å²) in [5.74, 6) is 0.415. The van der Waals surface area contributed by atoms with Gasteiger partial charge in [0.2, 0.25) is 0 Å². The third-order valence-electron chi connectivity index (χ3n) is 5.80. The van der Waals surface area contributed by atoms with E-state index in [1.807, 2.05) is 0 Å². The second-order valence-corrected chi connectivity index (χ2v) is 11.0. The van der Waals surface area contributed by atoms with Crippen molar-refractivity contribution in [2.45, 2.75) is 77.7 Å². The molecule has 1 saturated heterocycles. The summed E-state index contributed by atoms with van der Waals surface area (Å²) in [7, 11) is 0. The van der Waals surface area contributed by atoms with Crippen LogP contribution in [0, 0.1) is 0 Å². The summed E-state index contributed by atoms with van der Waals surface area (Å²) in [4.78, 5) is 5.09. The molecule has 2 heterocycles. The number of nitrogens with zero attached hydrogens (tertiary/aromatic N) is 1. The molecule has 1 aromatic carbocycles. The van der Waals surface area contributed by atoms with Crippen LogP contribution in [0.3, 0.4) is 0 Å². The van der Waals surface area contributed by atoms with Gasteiger partial charge >= 0.3 is 0 Å². The van der Waals surface area contributed by atoms with Gasteiger partial charge in [-0.05, 0) is 42.3 Å². The summed E-state index contributed by atoms with van der Waals surface area (Å²) in [6.45, 7) is 17.5. The van der Waals surface area contributed by atoms with Gasteiger partial charge in [0.15, 0.2) is 0 Å². The van der Waals surface area contributed by atoms with Crippen molar-refractivity contribution in [3.8, 4) is 17.0 Å². The van der Waals surface area contributed by atoms with Crippen LogP contribution in [-0.4, -0.2) is 29.8 Å². The Morgan fingerprint density at radius 2 is 1.60 bits per heavy atom. The zero-order chi connectivity index (χ0) is 21.4. The van der Waals surface area contributed by atoms with Crippen molar-refractivity contribution >= 4 is 23.7 Å². The smallest absolute Gasteiger partial charge is 0.123 e. The fraction of sp³-hybridized carbons (Fsp3) is 0.625. The number of aromatic hydroxyl groups is 1. The minimum absolute atomic E-state index is 0. The van der Waals surface area contributed by atoms with Gasteiger partial charge in [0, 0.05) is 35.3 Å². The summed E-state index contributed by atoms with van der Waals surface area (Å²) in [5.41, 5.74) is 3.63. The second kappa shape index (κ2) is 9.15. The van der Waals surface area contributed by atoms with Crippen LogP contribution in [-0.2, 0) is 21.1 Å². The van der Waals surface area contributed by atoms with E-state index in [4.69, 9.17) is 9.72 Å². The SMILES string of the molecule is CCNC1(c2nc(-c3cc(C(C)(C)C)c(O)c(C(C)(C)C)c3)cs2)CCOCC1.Cl. The molecule has 168 valence electrons. The average Bonchev–Trinajstić information content (AvgIpc) is 3.12. The summed E-state index contributed by atoms with van der Waals surface area (Å²) >= 11 is 1.73. The van der Waals surface area contributed by atoms with Gasteiger partial charge in [-0.2, -0.15) is 0 Å². The van der Waals surface area contributed by atoms with E-state index in [0.29, 0.717) is 5.75 Å². The van der Waals surface area contributed by atoms with Gasteiger partial charge in [-0.15, -0.1) is 23.7 Å². The van der Waals surface area contributed by atoms with Crippen molar-refractivity contribution < 1.29 is 9.84 Å². The molecule has 0 radical (unpaired) electrons. The molecule has 30 heavy (non-hydrogen) atoms. The van der Waals surface area contributed by atoms with Gasteiger partial charge in [-0.25, -0.2) is 4.98 Å². The highest BCUT2D eigenvalue weighted by Gasteiger charge is 2.36.